The smallest absolute Gasteiger partial charge is 0.326 e. The van der Waals surface area contributed by atoms with Crippen molar-refractivity contribution in [2.75, 3.05) is 32.8 Å². The number of aliphatic hydroxyl groups excluding tert-OH is 1. The van der Waals surface area contributed by atoms with E-state index in [9.17, 15) is 53.4 Å². The zero-order valence-corrected chi connectivity index (χ0v) is 27.5. The molecular weight excluding hydrogens is 664 g/mol. The highest BCUT2D eigenvalue weighted by molar-refractivity contribution is 5.96. The number of carbonyl (C=O) groups is 9. The van der Waals surface area contributed by atoms with Crippen LogP contribution in [0.3, 0.4) is 0 Å². The van der Waals surface area contributed by atoms with Crippen LogP contribution in [-0.2, 0) is 49.6 Å². The Kier molecular flexibility index (Phi) is 18.7. The van der Waals surface area contributed by atoms with E-state index in [2.05, 4.69) is 37.2 Å². The monoisotopic (exact) mass is 708 g/mol. The number of carboxylic acids is 2. The maximum Gasteiger partial charge on any atom is 0.326 e. The minimum Gasteiger partial charge on any atom is -0.481 e. The van der Waals surface area contributed by atoms with Crippen molar-refractivity contribution in [3.63, 3.8) is 0 Å². The van der Waals surface area contributed by atoms with Crippen molar-refractivity contribution in [2.24, 2.45) is 11.7 Å². The third kappa shape index (κ3) is 16.0. The molecule has 7 amide bonds. The molecule has 5 atom stereocenters. The predicted octanol–water partition coefficient (Wildman–Crippen LogP) is -4.93. The summed E-state index contributed by atoms with van der Waals surface area (Å²) in [6.45, 7) is -0.166. The molecule has 1 aromatic carbocycles. The van der Waals surface area contributed by atoms with Crippen LogP contribution in [0.5, 0.6) is 0 Å². The molecule has 50 heavy (non-hydrogen) atoms. The number of hydrogen-bond acceptors (Lipinski definition) is 11. The Hall–Kier alpha value is -5.63. The number of nitrogens with two attached hydrogens (primary N) is 1. The Morgan fingerprint density at radius 2 is 1.22 bits per heavy atom. The van der Waals surface area contributed by atoms with Crippen molar-refractivity contribution in [1.82, 2.24) is 37.2 Å². The zero-order chi connectivity index (χ0) is 37.8. The third-order valence-corrected chi connectivity index (χ3v) is 7.05. The van der Waals surface area contributed by atoms with Gasteiger partial charge < -0.3 is 58.3 Å². The van der Waals surface area contributed by atoms with Crippen LogP contribution in [0.4, 0.5) is 0 Å². The molecule has 0 aliphatic carbocycles. The van der Waals surface area contributed by atoms with E-state index in [1.807, 2.05) is 0 Å². The van der Waals surface area contributed by atoms with Gasteiger partial charge in [0.05, 0.1) is 39.2 Å². The number of hydrogen-bond donors (Lipinski definition) is 11. The van der Waals surface area contributed by atoms with E-state index in [0.29, 0.717) is 12.0 Å². The lowest BCUT2D eigenvalue weighted by Gasteiger charge is -2.22. The molecule has 0 fully saturated rings. The zero-order valence-electron chi connectivity index (χ0n) is 27.5. The summed E-state index contributed by atoms with van der Waals surface area (Å²) in [6.07, 6.45) is -0.419. The number of carboxylic acid groups (broad SMARTS) is 2. The summed E-state index contributed by atoms with van der Waals surface area (Å²) >= 11 is 0. The number of aliphatic carboxylic acids is 2. The summed E-state index contributed by atoms with van der Waals surface area (Å²) in [4.78, 5) is 109. The minimum atomic E-state index is -1.68. The number of amides is 7. The van der Waals surface area contributed by atoms with Gasteiger partial charge >= 0.3 is 11.9 Å². The summed E-state index contributed by atoms with van der Waals surface area (Å²) in [7, 11) is 0. The predicted molar refractivity (Wildman–Crippen MR) is 172 cm³/mol. The second kappa shape index (κ2) is 22.1. The molecule has 20 heteroatoms. The van der Waals surface area contributed by atoms with E-state index in [0.717, 1.165) is 0 Å². The Labute approximate surface area is 286 Å². The molecule has 0 saturated carbocycles. The van der Waals surface area contributed by atoms with Crippen LogP contribution in [-0.4, -0.2) is 126 Å². The van der Waals surface area contributed by atoms with Gasteiger partial charge in [-0.3, -0.25) is 38.4 Å². The van der Waals surface area contributed by atoms with Crippen molar-refractivity contribution in [3.8, 4) is 0 Å². The highest BCUT2D eigenvalue weighted by Crippen LogP contribution is 2.08. The van der Waals surface area contributed by atoms with Gasteiger partial charge in [0.25, 0.3) is 0 Å². The van der Waals surface area contributed by atoms with Gasteiger partial charge in [0, 0.05) is 6.42 Å². The van der Waals surface area contributed by atoms with Crippen molar-refractivity contribution in [3.05, 3.63) is 35.9 Å². The van der Waals surface area contributed by atoms with Gasteiger partial charge in [-0.1, -0.05) is 50.6 Å². The van der Waals surface area contributed by atoms with Crippen LogP contribution >= 0.6 is 0 Å². The lowest BCUT2D eigenvalue weighted by atomic mass is 9.99. The fourth-order valence-corrected chi connectivity index (χ4v) is 4.14. The average Bonchev–Trinajstić information content (AvgIpc) is 3.08. The highest BCUT2D eigenvalue weighted by atomic mass is 16.4. The minimum absolute atomic E-state index is 0.0402. The Morgan fingerprint density at radius 1 is 0.680 bits per heavy atom. The first-order valence-electron chi connectivity index (χ1n) is 15.4. The van der Waals surface area contributed by atoms with E-state index in [1.54, 1.807) is 44.2 Å². The molecule has 1 rings (SSSR count). The van der Waals surface area contributed by atoms with Gasteiger partial charge in [-0.25, -0.2) is 4.79 Å². The molecule has 276 valence electrons. The second-order valence-corrected chi connectivity index (χ2v) is 11.0. The SMILES string of the molecule is CC[C@H](C)[C@H](NC(=O)CNC(=O)[C@H](CC(=O)O)NC(=O)CNC(=O)CNC(=O)[C@H](CO)NC(=O)[C@H](Cc1ccccc1)NC(=O)CN)C(=O)O. The maximum atomic E-state index is 12.9. The van der Waals surface area contributed by atoms with Crippen LogP contribution in [0.1, 0.15) is 32.3 Å². The molecule has 0 spiro atoms. The first kappa shape index (κ1) is 42.4. The second-order valence-electron chi connectivity index (χ2n) is 11.0. The number of rotatable bonds is 22. The molecule has 0 saturated heterocycles. The largest absolute Gasteiger partial charge is 0.481 e. The Balaban J connectivity index is 2.66. The van der Waals surface area contributed by atoms with Gasteiger partial charge in [-0.15, -0.1) is 0 Å². The van der Waals surface area contributed by atoms with E-state index in [1.165, 1.54) is 0 Å². The van der Waals surface area contributed by atoms with Crippen LogP contribution in [0, 0.1) is 5.92 Å². The third-order valence-electron chi connectivity index (χ3n) is 7.05. The van der Waals surface area contributed by atoms with Crippen molar-refractivity contribution < 1.29 is 58.5 Å². The van der Waals surface area contributed by atoms with Gasteiger partial charge in [0.1, 0.15) is 24.2 Å². The fourth-order valence-electron chi connectivity index (χ4n) is 4.14. The van der Waals surface area contributed by atoms with E-state index < -0.39 is 123 Å². The molecule has 0 bridgehead atoms. The normalized spacial score (nSPS) is 13.5. The number of aliphatic hydroxyl groups is 1. The summed E-state index contributed by atoms with van der Waals surface area (Å²) < 4.78 is 0. The van der Waals surface area contributed by atoms with E-state index >= 15 is 0 Å². The molecular formula is C30H44N8O12. The van der Waals surface area contributed by atoms with Gasteiger partial charge in [0.15, 0.2) is 0 Å². The van der Waals surface area contributed by atoms with Crippen molar-refractivity contribution in [1.29, 1.82) is 0 Å². The standard InChI is InChI=1S/C30H44N8O12/c1-3-16(2)26(30(49)50)38-24(43)14-34-27(46)19(10-25(44)45)36-23(42)13-32-22(41)12-33-28(47)20(15-39)37-29(48)18(35-21(40)11-31)9-17-7-5-4-6-8-17/h4-8,16,18-20,26,39H,3,9-15,31H2,1-2H3,(H,32,41)(H,33,47)(H,34,46)(H,35,40)(H,36,42)(H,37,48)(H,38,43)(H,44,45)(H,49,50)/t16-,18-,19-,20-,26-/m0/s1. The Morgan fingerprint density at radius 3 is 1.76 bits per heavy atom. The molecule has 0 aliphatic heterocycles. The molecule has 0 heterocycles. The van der Waals surface area contributed by atoms with Crippen LogP contribution in [0.25, 0.3) is 0 Å². The highest BCUT2D eigenvalue weighted by Gasteiger charge is 2.29. The van der Waals surface area contributed by atoms with Gasteiger partial charge in [0.2, 0.25) is 41.4 Å². The van der Waals surface area contributed by atoms with E-state index in [4.69, 9.17) is 10.8 Å². The molecule has 0 radical (unpaired) electrons. The molecule has 1 aromatic rings. The average molecular weight is 709 g/mol. The van der Waals surface area contributed by atoms with E-state index in [-0.39, 0.29) is 6.42 Å². The Bertz CT molecular complexity index is 1380. The molecule has 0 unspecified atom stereocenters. The lowest BCUT2D eigenvalue weighted by Crippen LogP contribution is -2.57. The summed E-state index contributed by atoms with van der Waals surface area (Å²) in [5, 5.41) is 43.6. The molecule has 12 N–H and O–H groups in total. The molecule has 0 aliphatic rings. The number of carbonyl (C=O) groups excluding carboxylic acids is 7. The lowest BCUT2D eigenvalue weighted by molar-refractivity contribution is -0.143. The van der Waals surface area contributed by atoms with Crippen molar-refractivity contribution in [2.45, 2.75) is 57.3 Å². The van der Waals surface area contributed by atoms with Crippen LogP contribution in [0.15, 0.2) is 30.3 Å². The van der Waals surface area contributed by atoms with Gasteiger partial charge in [-0.2, -0.15) is 0 Å². The van der Waals surface area contributed by atoms with Crippen LogP contribution in [0.2, 0.25) is 0 Å². The summed E-state index contributed by atoms with van der Waals surface area (Å²) in [5.41, 5.74) is 6.01. The molecule has 0 aromatic heterocycles. The first-order valence-corrected chi connectivity index (χ1v) is 15.4. The molecule has 20 nitrogen and oxygen atoms in total. The summed E-state index contributed by atoms with van der Waals surface area (Å²) in [6, 6.07) is 3.02. The van der Waals surface area contributed by atoms with Gasteiger partial charge in [-0.05, 0) is 11.5 Å². The van der Waals surface area contributed by atoms with Crippen LogP contribution < -0.4 is 43.0 Å². The topological polar surface area (TPSA) is 325 Å². The van der Waals surface area contributed by atoms with Crippen molar-refractivity contribution >= 4 is 53.3 Å². The first-order chi connectivity index (χ1) is 23.6. The number of benzene rings is 1. The number of nitrogens with one attached hydrogen (secondary N) is 7. The summed E-state index contributed by atoms with van der Waals surface area (Å²) in [5.74, 6) is -9.50. The quantitative estimate of drug-likeness (QED) is 0.0539. The fraction of sp³-hybridized carbons (Fsp3) is 0.500. The maximum absolute atomic E-state index is 12.9.